The first kappa shape index (κ1) is 20.9. The number of nitrogens with one attached hydrogen (secondary N) is 1. The molecule has 8 nitrogen and oxygen atoms in total. The Balaban J connectivity index is 1.72. The molecule has 1 aromatic heterocycles. The molecule has 1 aliphatic carbocycles. The molecule has 0 bridgehead atoms. The molecule has 1 aromatic carbocycles. The molecule has 0 atom stereocenters. The van der Waals surface area contributed by atoms with Crippen molar-refractivity contribution in [3.05, 3.63) is 29.5 Å². The van der Waals surface area contributed by atoms with Gasteiger partial charge in [0.15, 0.2) is 0 Å². The van der Waals surface area contributed by atoms with Gasteiger partial charge in [0.2, 0.25) is 5.91 Å². The van der Waals surface area contributed by atoms with Crippen LogP contribution in [0.3, 0.4) is 0 Å². The summed E-state index contributed by atoms with van der Waals surface area (Å²) in [5, 5.41) is 13.1. The van der Waals surface area contributed by atoms with Gasteiger partial charge in [-0.2, -0.15) is 0 Å². The van der Waals surface area contributed by atoms with Crippen molar-refractivity contribution in [2.45, 2.75) is 44.8 Å². The quantitative estimate of drug-likeness (QED) is 0.680. The Kier molecular flexibility index (Phi) is 6.22. The first-order chi connectivity index (χ1) is 13.8. The van der Waals surface area contributed by atoms with E-state index in [1.165, 1.54) is 0 Å². The summed E-state index contributed by atoms with van der Waals surface area (Å²) in [4.78, 5) is 29.8. The molecular weight excluding hydrogens is 372 g/mol. The van der Waals surface area contributed by atoms with E-state index in [0.717, 1.165) is 25.7 Å². The van der Waals surface area contributed by atoms with Gasteiger partial charge in [-0.05, 0) is 58.8 Å². The number of nitrogens with zero attached hydrogens (tertiary/aromatic N) is 2. The third kappa shape index (κ3) is 4.76. The van der Waals surface area contributed by atoms with Crippen molar-refractivity contribution in [1.82, 2.24) is 15.2 Å². The summed E-state index contributed by atoms with van der Waals surface area (Å²) in [6, 6.07) is 5.58. The standard InChI is InChI=1S/C21H28N4O4/c1-12-18(21(27)28)20(22)19-15(23-12)5-4-6-16(19)29-14-9-7-13(8-10-14)24-17(26)11-25(2)3/h4-6,13-14H,7-11H2,1-3H3,(H2,22,23)(H,24,26)(H,27,28). The van der Waals surface area contributed by atoms with E-state index < -0.39 is 5.97 Å². The van der Waals surface area contributed by atoms with E-state index >= 15 is 0 Å². The Morgan fingerprint density at radius 2 is 1.97 bits per heavy atom. The summed E-state index contributed by atoms with van der Waals surface area (Å²) in [6.45, 7) is 2.02. The second-order valence-corrected chi connectivity index (χ2v) is 7.84. The molecule has 1 heterocycles. The van der Waals surface area contributed by atoms with Gasteiger partial charge in [-0.3, -0.25) is 9.78 Å². The van der Waals surface area contributed by atoms with Crippen molar-refractivity contribution >= 4 is 28.5 Å². The average Bonchev–Trinajstić information content (AvgIpc) is 2.62. The molecule has 0 aliphatic heterocycles. The van der Waals surface area contributed by atoms with Gasteiger partial charge in [-0.25, -0.2) is 4.79 Å². The zero-order valence-corrected chi connectivity index (χ0v) is 17.1. The van der Waals surface area contributed by atoms with Gasteiger partial charge >= 0.3 is 5.97 Å². The minimum Gasteiger partial charge on any atom is -0.490 e. The monoisotopic (exact) mass is 400 g/mol. The molecule has 3 rings (SSSR count). The van der Waals surface area contributed by atoms with Crippen LogP contribution < -0.4 is 15.8 Å². The number of aromatic nitrogens is 1. The van der Waals surface area contributed by atoms with E-state index in [4.69, 9.17) is 10.5 Å². The van der Waals surface area contributed by atoms with E-state index in [0.29, 0.717) is 28.9 Å². The van der Waals surface area contributed by atoms with Crippen molar-refractivity contribution in [2.75, 3.05) is 26.4 Å². The summed E-state index contributed by atoms with van der Waals surface area (Å²) < 4.78 is 6.21. The Labute approximate surface area is 170 Å². The Bertz CT molecular complexity index is 921. The van der Waals surface area contributed by atoms with Crippen LogP contribution in [0.4, 0.5) is 5.69 Å². The maximum absolute atomic E-state index is 11.9. The predicted octanol–water partition coefficient (Wildman–Crippen LogP) is 2.19. The van der Waals surface area contributed by atoms with Gasteiger partial charge in [0.25, 0.3) is 0 Å². The highest BCUT2D eigenvalue weighted by atomic mass is 16.5. The number of rotatable bonds is 6. The Morgan fingerprint density at radius 3 is 2.59 bits per heavy atom. The SMILES string of the molecule is Cc1nc2cccc(OC3CCC(NC(=O)CN(C)C)CC3)c2c(N)c1C(=O)O. The number of fused-ring (bicyclic) bond motifs is 1. The minimum atomic E-state index is -1.10. The molecule has 8 heteroatoms. The smallest absolute Gasteiger partial charge is 0.339 e. The highest BCUT2D eigenvalue weighted by molar-refractivity contribution is 6.06. The minimum absolute atomic E-state index is 0.0147. The van der Waals surface area contributed by atoms with E-state index in [1.54, 1.807) is 19.1 Å². The number of ether oxygens (including phenoxy) is 1. The van der Waals surface area contributed by atoms with Crippen LogP contribution in [0.1, 0.15) is 41.7 Å². The molecule has 1 saturated carbocycles. The summed E-state index contributed by atoms with van der Waals surface area (Å²) in [7, 11) is 3.73. The number of hydrogen-bond donors (Lipinski definition) is 3. The van der Waals surface area contributed by atoms with E-state index in [-0.39, 0.29) is 29.3 Å². The van der Waals surface area contributed by atoms with Crippen molar-refractivity contribution in [2.24, 2.45) is 0 Å². The molecular formula is C21H28N4O4. The number of nitrogen functional groups attached to an aromatic ring is 1. The third-order valence-corrected chi connectivity index (χ3v) is 5.20. The molecule has 156 valence electrons. The number of benzene rings is 1. The van der Waals surface area contributed by atoms with E-state index in [9.17, 15) is 14.7 Å². The molecule has 0 saturated heterocycles. The number of likely N-dealkylation sites (N-methyl/N-ethyl adjacent to an activating group) is 1. The number of aryl methyl sites for hydroxylation is 1. The van der Waals surface area contributed by atoms with Crippen molar-refractivity contribution < 1.29 is 19.4 Å². The Hall–Kier alpha value is -2.87. The van der Waals surface area contributed by atoms with Crippen LogP contribution in [-0.2, 0) is 4.79 Å². The molecule has 29 heavy (non-hydrogen) atoms. The topological polar surface area (TPSA) is 118 Å². The van der Waals surface area contributed by atoms with Crippen molar-refractivity contribution in [3.8, 4) is 5.75 Å². The number of aromatic carboxylic acids is 1. The summed E-state index contributed by atoms with van der Waals surface area (Å²) in [6.07, 6.45) is 3.25. The number of nitrogens with two attached hydrogens (primary N) is 1. The fourth-order valence-corrected chi connectivity index (χ4v) is 3.87. The summed E-state index contributed by atoms with van der Waals surface area (Å²) in [5.74, 6) is -0.517. The third-order valence-electron chi connectivity index (χ3n) is 5.20. The molecule has 4 N–H and O–H groups in total. The van der Waals surface area contributed by atoms with Crippen LogP contribution in [-0.4, -0.2) is 59.7 Å². The largest absolute Gasteiger partial charge is 0.490 e. The molecule has 1 fully saturated rings. The number of amides is 1. The average molecular weight is 400 g/mol. The van der Waals surface area contributed by atoms with Gasteiger partial charge in [0, 0.05) is 6.04 Å². The summed E-state index contributed by atoms with van der Waals surface area (Å²) in [5.41, 5.74) is 7.39. The molecule has 0 radical (unpaired) electrons. The van der Waals surface area contributed by atoms with Gasteiger partial charge in [0.05, 0.1) is 34.9 Å². The maximum atomic E-state index is 11.9. The molecule has 0 spiro atoms. The number of pyridine rings is 1. The number of carbonyl (C=O) groups is 2. The van der Waals surface area contributed by atoms with Crippen LogP contribution in [0.2, 0.25) is 0 Å². The van der Waals surface area contributed by atoms with Gasteiger partial charge < -0.3 is 25.8 Å². The molecule has 1 amide bonds. The number of anilines is 1. The predicted molar refractivity (Wildman–Crippen MR) is 111 cm³/mol. The second-order valence-electron chi connectivity index (χ2n) is 7.84. The number of carboxylic acids is 1. The number of carbonyl (C=O) groups excluding carboxylic acids is 1. The summed E-state index contributed by atoms with van der Waals surface area (Å²) >= 11 is 0. The number of hydrogen-bond acceptors (Lipinski definition) is 6. The van der Waals surface area contributed by atoms with Crippen LogP contribution in [0.15, 0.2) is 18.2 Å². The molecule has 2 aromatic rings. The van der Waals surface area contributed by atoms with Crippen LogP contribution in [0.5, 0.6) is 5.75 Å². The first-order valence-corrected chi connectivity index (χ1v) is 9.79. The highest BCUT2D eigenvalue weighted by Gasteiger charge is 2.25. The van der Waals surface area contributed by atoms with Crippen LogP contribution >= 0.6 is 0 Å². The van der Waals surface area contributed by atoms with Crippen molar-refractivity contribution in [1.29, 1.82) is 0 Å². The van der Waals surface area contributed by atoms with Gasteiger partial charge in [-0.1, -0.05) is 6.07 Å². The zero-order valence-electron chi connectivity index (χ0n) is 17.1. The normalized spacial score (nSPS) is 19.3. The molecule has 0 unspecified atom stereocenters. The lowest BCUT2D eigenvalue weighted by Gasteiger charge is -2.30. The maximum Gasteiger partial charge on any atom is 0.339 e. The lowest BCUT2D eigenvalue weighted by atomic mass is 9.92. The van der Waals surface area contributed by atoms with E-state index in [1.807, 2.05) is 25.1 Å². The van der Waals surface area contributed by atoms with Crippen LogP contribution in [0.25, 0.3) is 10.9 Å². The van der Waals surface area contributed by atoms with Gasteiger partial charge in [0.1, 0.15) is 11.3 Å². The lowest BCUT2D eigenvalue weighted by molar-refractivity contribution is -0.122. The first-order valence-electron chi connectivity index (χ1n) is 9.79. The fourth-order valence-electron chi connectivity index (χ4n) is 3.87. The molecule has 1 aliphatic rings. The van der Waals surface area contributed by atoms with Crippen molar-refractivity contribution in [3.63, 3.8) is 0 Å². The fraction of sp³-hybridized carbons (Fsp3) is 0.476. The van der Waals surface area contributed by atoms with Crippen LogP contribution in [0, 0.1) is 6.92 Å². The lowest BCUT2D eigenvalue weighted by Crippen LogP contribution is -2.43. The van der Waals surface area contributed by atoms with Gasteiger partial charge in [-0.15, -0.1) is 0 Å². The second kappa shape index (κ2) is 8.65. The highest BCUT2D eigenvalue weighted by Crippen LogP contribution is 2.35. The number of carboxylic acid groups (broad SMARTS) is 1. The zero-order chi connectivity index (χ0) is 21.1. The Morgan fingerprint density at radius 1 is 1.28 bits per heavy atom. The van der Waals surface area contributed by atoms with E-state index in [2.05, 4.69) is 10.3 Å².